The minimum Gasteiger partial charge on any atom is -0.453 e. The normalized spacial score (nSPS) is 10.5. The van der Waals surface area contributed by atoms with Crippen LogP contribution in [0.4, 0.5) is 0 Å². The molecule has 0 bridgehead atoms. The Balaban J connectivity index is 1.80. The molecule has 0 atom stereocenters. The highest BCUT2D eigenvalue weighted by Crippen LogP contribution is 2.13. The van der Waals surface area contributed by atoms with Gasteiger partial charge in [0.1, 0.15) is 5.76 Å². The molecule has 2 heterocycles. The van der Waals surface area contributed by atoms with Crippen LogP contribution in [0.1, 0.15) is 11.3 Å². The number of hydrogen-bond acceptors (Lipinski definition) is 3. The summed E-state index contributed by atoms with van der Waals surface area (Å²) in [5.74, 6) is 0.927. The standard InChI is InChI=1S/C11H11BrN2O/c12-11-2-1-10(15-11)8-14-7-9-3-5-13-6-4-9/h1-6,14H,7-8H2. The Labute approximate surface area is 96.6 Å². The fourth-order valence-corrected chi connectivity index (χ4v) is 1.62. The van der Waals surface area contributed by atoms with Gasteiger partial charge in [0.25, 0.3) is 0 Å². The molecule has 0 radical (unpaired) electrons. The summed E-state index contributed by atoms with van der Waals surface area (Å²) in [4.78, 5) is 3.96. The van der Waals surface area contributed by atoms with Gasteiger partial charge in [-0.2, -0.15) is 0 Å². The van der Waals surface area contributed by atoms with E-state index in [-0.39, 0.29) is 0 Å². The van der Waals surface area contributed by atoms with Gasteiger partial charge >= 0.3 is 0 Å². The topological polar surface area (TPSA) is 38.1 Å². The summed E-state index contributed by atoms with van der Waals surface area (Å²) in [6.45, 7) is 1.55. The summed E-state index contributed by atoms with van der Waals surface area (Å²) in [6.07, 6.45) is 3.58. The van der Waals surface area contributed by atoms with Crippen molar-refractivity contribution in [1.29, 1.82) is 0 Å². The molecule has 0 amide bonds. The molecule has 0 saturated carbocycles. The van der Waals surface area contributed by atoms with Crippen molar-refractivity contribution >= 4 is 15.9 Å². The van der Waals surface area contributed by atoms with Crippen LogP contribution in [0.5, 0.6) is 0 Å². The smallest absolute Gasteiger partial charge is 0.169 e. The lowest BCUT2D eigenvalue weighted by atomic mass is 10.3. The molecule has 0 unspecified atom stereocenters. The van der Waals surface area contributed by atoms with Crippen LogP contribution >= 0.6 is 15.9 Å². The third-order valence-electron chi connectivity index (χ3n) is 2.01. The Morgan fingerprint density at radius 3 is 2.60 bits per heavy atom. The van der Waals surface area contributed by atoms with Crippen molar-refractivity contribution < 1.29 is 4.42 Å². The number of hydrogen-bond donors (Lipinski definition) is 1. The molecule has 78 valence electrons. The molecule has 2 rings (SSSR count). The monoisotopic (exact) mass is 266 g/mol. The van der Waals surface area contributed by atoms with Crippen LogP contribution in [0.15, 0.2) is 45.7 Å². The highest BCUT2D eigenvalue weighted by atomic mass is 79.9. The van der Waals surface area contributed by atoms with Crippen molar-refractivity contribution in [3.63, 3.8) is 0 Å². The maximum atomic E-state index is 5.36. The number of pyridine rings is 1. The van der Waals surface area contributed by atoms with Gasteiger partial charge in [-0.15, -0.1) is 0 Å². The van der Waals surface area contributed by atoms with Crippen molar-refractivity contribution in [2.45, 2.75) is 13.1 Å². The predicted octanol–water partition coefficient (Wildman–Crippen LogP) is 2.73. The fraction of sp³-hybridized carbons (Fsp3) is 0.182. The molecule has 4 heteroatoms. The van der Waals surface area contributed by atoms with Gasteiger partial charge in [-0.3, -0.25) is 4.98 Å². The van der Waals surface area contributed by atoms with Crippen LogP contribution in [-0.4, -0.2) is 4.98 Å². The van der Waals surface area contributed by atoms with E-state index < -0.39 is 0 Å². The summed E-state index contributed by atoms with van der Waals surface area (Å²) in [7, 11) is 0. The Morgan fingerprint density at radius 2 is 1.93 bits per heavy atom. The van der Waals surface area contributed by atoms with E-state index in [0.717, 1.165) is 23.5 Å². The Bertz CT molecular complexity index is 414. The molecule has 0 aliphatic rings. The van der Waals surface area contributed by atoms with Gasteiger partial charge in [-0.25, -0.2) is 0 Å². The second-order valence-corrected chi connectivity index (χ2v) is 3.95. The number of nitrogens with zero attached hydrogens (tertiary/aromatic N) is 1. The van der Waals surface area contributed by atoms with Crippen LogP contribution in [-0.2, 0) is 13.1 Å². The zero-order valence-corrected chi connectivity index (χ0v) is 9.70. The van der Waals surface area contributed by atoms with E-state index in [1.165, 1.54) is 5.56 Å². The van der Waals surface area contributed by atoms with Gasteiger partial charge in [0.15, 0.2) is 4.67 Å². The molecule has 15 heavy (non-hydrogen) atoms. The first-order chi connectivity index (χ1) is 7.34. The van der Waals surface area contributed by atoms with Gasteiger partial charge in [-0.1, -0.05) is 0 Å². The van der Waals surface area contributed by atoms with Crippen LogP contribution in [0.3, 0.4) is 0 Å². The maximum Gasteiger partial charge on any atom is 0.169 e. The number of aromatic nitrogens is 1. The first-order valence-electron chi connectivity index (χ1n) is 4.68. The van der Waals surface area contributed by atoms with Crippen molar-refractivity contribution in [2.24, 2.45) is 0 Å². The van der Waals surface area contributed by atoms with E-state index in [1.54, 1.807) is 12.4 Å². The largest absolute Gasteiger partial charge is 0.453 e. The molecule has 0 aliphatic carbocycles. The highest BCUT2D eigenvalue weighted by molar-refractivity contribution is 9.10. The average Bonchev–Trinajstić information content (AvgIpc) is 2.66. The van der Waals surface area contributed by atoms with Gasteiger partial charge in [0, 0.05) is 18.9 Å². The molecule has 2 aromatic rings. The molecule has 0 spiro atoms. The third kappa shape index (κ3) is 3.18. The van der Waals surface area contributed by atoms with Crippen LogP contribution < -0.4 is 5.32 Å². The minimum atomic E-state index is 0.730. The quantitative estimate of drug-likeness (QED) is 0.925. The van der Waals surface area contributed by atoms with Crippen molar-refractivity contribution in [2.75, 3.05) is 0 Å². The molecular weight excluding hydrogens is 256 g/mol. The predicted molar refractivity (Wildman–Crippen MR) is 61.2 cm³/mol. The van der Waals surface area contributed by atoms with Gasteiger partial charge < -0.3 is 9.73 Å². The first-order valence-corrected chi connectivity index (χ1v) is 5.48. The third-order valence-corrected chi connectivity index (χ3v) is 2.43. The molecule has 3 nitrogen and oxygen atoms in total. The van der Waals surface area contributed by atoms with E-state index in [2.05, 4.69) is 26.2 Å². The SMILES string of the molecule is Brc1ccc(CNCc2ccncc2)o1. The van der Waals surface area contributed by atoms with Crippen LogP contribution in [0, 0.1) is 0 Å². The van der Waals surface area contributed by atoms with Crippen molar-refractivity contribution in [3.05, 3.63) is 52.7 Å². The van der Waals surface area contributed by atoms with E-state index in [0.29, 0.717) is 0 Å². The summed E-state index contributed by atoms with van der Waals surface area (Å²) in [5.41, 5.74) is 1.22. The Hall–Kier alpha value is -1.13. The molecule has 0 saturated heterocycles. The first kappa shape index (κ1) is 10.4. The number of halogens is 1. The molecule has 2 aromatic heterocycles. The van der Waals surface area contributed by atoms with E-state index >= 15 is 0 Å². The average molecular weight is 267 g/mol. The minimum absolute atomic E-state index is 0.730. The van der Waals surface area contributed by atoms with E-state index in [9.17, 15) is 0 Å². The fourth-order valence-electron chi connectivity index (χ4n) is 1.28. The van der Waals surface area contributed by atoms with Crippen LogP contribution in [0.25, 0.3) is 0 Å². The zero-order valence-electron chi connectivity index (χ0n) is 8.11. The zero-order chi connectivity index (χ0) is 10.5. The van der Waals surface area contributed by atoms with Gasteiger partial charge in [-0.05, 0) is 45.8 Å². The molecule has 0 aliphatic heterocycles. The highest BCUT2D eigenvalue weighted by Gasteiger charge is 1.98. The molecule has 0 fully saturated rings. The van der Waals surface area contributed by atoms with Gasteiger partial charge in [0.2, 0.25) is 0 Å². The summed E-state index contributed by atoms with van der Waals surface area (Å²) in [5, 5.41) is 3.29. The number of nitrogens with one attached hydrogen (secondary N) is 1. The number of rotatable bonds is 4. The van der Waals surface area contributed by atoms with Crippen molar-refractivity contribution in [3.8, 4) is 0 Å². The second kappa shape index (κ2) is 5.09. The van der Waals surface area contributed by atoms with Crippen molar-refractivity contribution in [1.82, 2.24) is 10.3 Å². The van der Waals surface area contributed by atoms with Crippen LogP contribution in [0.2, 0.25) is 0 Å². The Morgan fingerprint density at radius 1 is 1.13 bits per heavy atom. The van der Waals surface area contributed by atoms with Gasteiger partial charge in [0.05, 0.1) is 6.54 Å². The molecule has 1 N–H and O–H groups in total. The lowest BCUT2D eigenvalue weighted by Gasteiger charge is -2.01. The maximum absolute atomic E-state index is 5.36. The lowest BCUT2D eigenvalue weighted by molar-refractivity contribution is 0.465. The number of furan rings is 1. The summed E-state index contributed by atoms with van der Waals surface area (Å²) < 4.78 is 6.13. The molecule has 0 aromatic carbocycles. The summed E-state index contributed by atoms with van der Waals surface area (Å²) in [6, 6.07) is 7.82. The lowest BCUT2D eigenvalue weighted by Crippen LogP contribution is -2.11. The second-order valence-electron chi connectivity index (χ2n) is 3.16. The molecular formula is C11H11BrN2O. The Kier molecular flexibility index (Phi) is 3.53. The van der Waals surface area contributed by atoms with E-state index in [4.69, 9.17) is 4.42 Å². The summed E-state index contributed by atoms with van der Waals surface area (Å²) >= 11 is 3.27. The van der Waals surface area contributed by atoms with E-state index in [1.807, 2.05) is 24.3 Å².